The van der Waals surface area contributed by atoms with Gasteiger partial charge < -0.3 is 15.1 Å². The van der Waals surface area contributed by atoms with Crippen LogP contribution in [0.2, 0.25) is 5.02 Å². The molecule has 0 aromatic heterocycles. The molecule has 4 nitrogen and oxygen atoms in total. The molecule has 0 atom stereocenters. The molecule has 2 rings (SSSR count). The Labute approximate surface area is 119 Å². The van der Waals surface area contributed by atoms with Crippen LogP contribution in [0.3, 0.4) is 0 Å². The standard InChI is InChI=1S/C14H20ClN3O/c1-11(2)16-14(19)18-9-7-17(8-10-18)13-5-3-12(15)4-6-13/h3-6,11H,7-10H2,1-2H3,(H,16,19). The van der Waals surface area contributed by atoms with Gasteiger partial charge in [0.25, 0.3) is 0 Å². The zero-order chi connectivity index (χ0) is 13.8. The molecule has 1 N–H and O–H groups in total. The monoisotopic (exact) mass is 281 g/mol. The van der Waals surface area contributed by atoms with Crippen molar-refractivity contribution >= 4 is 23.3 Å². The van der Waals surface area contributed by atoms with E-state index in [-0.39, 0.29) is 12.1 Å². The van der Waals surface area contributed by atoms with Gasteiger partial charge in [0, 0.05) is 42.9 Å². The van der Waals surface area contributed by atoms with Crippen molar-refractivity contribution in [3.8, 4) is 0 Å². The Bertz CT molecular complexity index is 425. The van der Waals surface area contributed by atoms with E-state index in [0.29, 0.717) is 0 Å². The van der Waals surface area contributed by atoms with Crippen molar-refractivity contribution in [2.24, 2.45) is 0 Å². The summed E-state index contributed by atoms with van der Waals surface area (Å²) in [6.07, 6.45) is 0. The second kappa shape index (κ2) is 6.15. The smallest absolute Gasteiger partial charge is 0.317 e. The molecule has 1 aliphatic rings. The van der Waals surface area contributed by atoms with Gasteiger partial charge in [0.05, 0.1) is 0 Å². The summed E-state index contributed by atoms with van der Waals surface area (Å²) in [5, 5.41) is 3.67. The SMILES string of the molecule is CC(C)NC(=O)N1CCN(c2ccc(Cl)cc2)CC1. The average Bonchev–Trinajstić information content (AvgIpc) is 2.39. The van der Waals surface area contributed by atoms with Gasteiger partial charge in [-0.3, -0.25) is 0 Å². The highest BCUT2D eigenvalue weighted by molar-refractivity contribution is 6.30. The van der Waals surface area contributed by atoms with Crippen molar-refractivity contribution in [1.82, 2.24) is 10.2 Å². The summed E-state index contributed by atoms with van der Waals surface area (Å²) in [5.74, 6) is 0. The molecule has 5 heteroatoms. The van der Waals surface area contributed by atoms with Crippen LogP contribution in [0.25, 0.3) is 0 Å². The minimum atomic E-state index is 0.0331. The van der Waals surface area contributed by atoms with E-state index in [4.69, 9.17) is 11.6 Å². The van der Waals surface area contributed by atoms with Crippen LogP contribution in [0.4, 0.5) is 10.5 Å². The molecule has 2 amide bonds. The molecule has 1 fully saturated rings. The van der Waals surface area contributed by atoms with Crippen LogP contribution >= 0.6 is 11.6 Å². The molecule has 1 aliphatic heterocycles. The van der Waals surface area contributed by atoms with Gasteiger partial charge in [0.15, 0.2) is 0 Å². The summed E-state index contributed by atoms with van der Waals surface area (Å²) < 4.78 is 0. The lowest BCUT2D eigenvalue weighted by atomic mass is 10.2. The van der Waals surface area contributed by atoms with E-state index in [0.717, 1.165) is 36.9 Å². The molecule has 0 bridgehead atoms. The third kappa shape index (κ3) is 3.77. The van der Waals surface area contributed by atoms with Crippen LogP contribution in [0.15, 0.2) is 24.3 Å². The largest absolute Gasteiger partial charge is 0.368 e. The second-order valence-corrected chi connectivity index (χ2v) is 5.49. The van der Waals surface area contributed by atoms with Crippen LogP contribution in [-0.2, 0) is 0 Å². The van der Waals surface area contributed by atoms with E-state index < -0.39 is 0 Å². The summed E-state index contributed by atoms with van der Waals surface area (Å²) in [7, 11) is 0. The number of nitrogens with one attached hydrogen (secondary N) is 1. The number of hydrogen-bond acceptors (Lipinski definition) is 2. The number of hydrogen-bond donors (Lipinski definition) is 1. The maximum Gasteiger partial charge on any atom is 0.317 e. The zero-order valence-electron chi connectivity index (χ0n) is 11.4. The average molecular weight is 282 g/mol. The molecular weight excluding hydrogens is 262 g/mol. The lowest BCUT2D eigenvalue weighted by molar-refractivity contribution is 0.192. The van der Waals surface area contributed by atoms with Crippen LogP contribution in [0.5, 0.6) is 0 Å². The first-order chi connectivity index (χ1) is 9.06. The lowest BCUT2D eigenvalue weighted by Gasteiger charge is -2.36. The molecule has 1 heterocycles. The van der Waals surface area contributed by atoms with E-state index >= 15 is 0 Å². The molecule has 0 saturated carbocycles. The first-order valence-electron chi connectivity index (χ1n) is 6.62. The summed E-state index contributed by atoms with van der Waals surface area (Å²) in [4.78, 5) is 16.0. The van der Waals surface area contributed by atoms with Crippen molar-refractivity contribution in [1.29, 1.82) is 0 Å². The van der Waals surface area contributed by atoms with E-state index in [1.54, 1.807) is 0 Å². The predicted molar refractivity (Wildman–Crippen MR) is 78.9 cm³/mol. The van der Waals surface area contributed by atoms with Gasteiger partial charge in [0.1, 0.15) is 0 Å². The first-order valence-corrected chi connectivity index (χ1v) is 7.00. The van der Waals surface area contributed by atoms with Crippen LogP contribution in [0, 0.1) is 0 Å². The Morgan fingerprint density at radius 1 is 1.16 bits per heavy atom. The minimum absolute atomic E-state index is 0.0331. The highest BCUT2D eigenvalue weighted by Crippen LogP contribution is 2.19. The molecule has 0 unspecified atom stereocenters. The molecule has 0 spiro atoms. The first kappa shape index (κ1) is 14.0. The Balaban J connectivity index is 1.88. The maximum atomic E-state index is 11.9. The maximum absolute atomic E-state index is 11.9. The number of carbonyl (C=O) groups excluding carboxylic acids is 1. The van der Waals surface area contributed by atoms with Gasteiger partial charge in [-0.05, 0) is 38.1 Å². The number of anilines is 1. The van der Waals surface area contributed by atoms with Crippen LogP contribution in [-0.4, -0.2) is 43.2 Å². The van der Waals surface area contributed by atoms with Gasteiger partial charge in [-0.15, -0.1) is 0 Å². The van der Waals surface area contributed by atoms with Gasteiger partial charge in [-0.1, -0.05) is 11.6 Å². The van der Waals surface area contributed by atoms with Gasteiger partial charge in [-0.25, -0.2) is 4.79 Å². The molecule has 0 radical (unpaired) electrons. The number of piperazine rings is 1. The van der Waals surface area contributed by atoms with Crippen molar-refractivity contribution in [2.75, 3.05) is 31.1 Å². The van der Waals surface area contributed by atoms with Crippen molar-refractivity contribution < 1.29 is 4.79 Å². The summed E-state index contributed by atoms with van der Waals surface area (Å²) in [6.45, 7) is 7.16. The normalized spacial score (nSPS) is 15.8. The summed E-state index contributed by atoms with van der Waals surface area (Å²) in [6, 6.07) is 8.05. The van der Waals surface area contributed by atoms with Gasteiger partial charge >= 0.3 is 6.03 Å². The van der Waals surface area contributed by atoms with E-state index in [1.165, 1.54) is 0 Å². The van der Waals surface area contributed by atoms with E-state index in [9.17, 15) is 4.79 Å². The number of rotatable bonds is 2. The van der Waals surface area contributed by atoms with Crippen molar-refractivity contribution in [3.05, 3.63) is 29.3 Å². The Kier molecular flexibility index (Phi) is 4.53. The molecular formula is C14H20ClN3O. The van der Waals surface area contributed by atoms with E-state index in [1.807, 2.05) is 43.0 Å². The number of nitrogens with zero attached hydrogens (tertiary/aromatic N) is 2. The van der Waals surface area contributed by atoms with E-state index in [2.05, 4.69) is 10.2 Å². The fourth-order valence-corrected chi connectivity index (χ4v) is 2.28. The molecule has 0 aliphatic carbocycles. The van der Waals surface area contributed by atoms with Gasteiger partial charge in [0.2, 0.25) is 0 Å². The number of benzene rings is 1. The molecule has 1 saturated heterocycles. The van der Waals surface area contributed by atoms with Crippen LogP contribution < -0.4 is 10.2 Å². The van der Waals surface area contributed by atoms with Crippen LogP contribution in [0.1, 0.15) is 13.8 Å². The Morgan fingerprint density at radius 2 is 1.74 bits per heavy atom. The number of halogens is 1. The Morgan fingerprint density at radius 3 is 2.26 bits per heavy atom. The Hall–Kier alpha value is -1.42. The molecule has 1 aromatic rings. The zero-order valence-corrected chi connectivity index (χ0v) is 12.2. The lowest BCUT2D eigenvalue weighted by Crippen LogP contribution is -2.52. The quantitative estimate of drug-likeness (QED) is 0.904. The second-order valence-electron chi connectivity index (χ2n) is 5.05. The summed E-state index contributed by atoms with van der Waals surface area (Å²) in [5.41, 5.74) is 1.16. The molecule has 19 heavy (non-hydrogen) atoms. The summed E-state index contributed by atoms with van der Waals surface area (Å²) >= 11 is 5.88. The van der Waals surface area contributed by atoms with Crippen molar-refractivity contribution in [3.63, 3.8) is 0 Å². The number of urea groups is 1. The number of carbonyl (C=O) groups is 1. The molecule has 104 valence electrons. The fraction of sp³-hybridized carbons (Fsp3) is 0.500. The fourth-order valence-electron chi connectivity index (χ4n) is 2.16. The molecule has 1 aromatic carbocycles. The predicted octanol–water partition coefficient (Wildman–Crippen LogP) is 2.58. The minimum Gasteiger partial charge on any atom is -0.368 e. The topological polar surface area (TPSA) is 35.6 Å². The third-order valence-electron chi connectivity index (χ3n) is 3.17. The third-order valence-corrected chi connectivity index (χ3v) is 3.42. The number of amides is 2. The highest BCUT2D eigenvalue weighted by Gasteiger charge is 2.21. The van der Waals surface area contributed by atoms with Crippen molar-refractivity contribution in [2.45, 2.75) is 19.9 Å². The van der Waals surface area contributed by atoms with Gasteiger partial charge in [-0.2, -0.15) is 0 Å². The highest BCUT2D eigenvalue weighted by atomic mass is 35.5.